The number of benzene rings is 1. The monoisotopic (exact) mass is 325 g/mol. The molecule has 1 rings (SSSR count). The van der Waals surface area contributed by atoms with Crippen molar-refractivity contribution in [2.45, 2.75) is 6.42 Å². The number of ether oxygens (including phenoxy) is 1. The SMILES string of the molecule is COC(=O)CCN(C)C(=O)/C=C/c1ccccc1Br. The summed E-state index contributed by atoms with van der Waals surface area (Å²) in [7, 11) is 2.98. The molecule has 0 radical (unpaired) electrons. The van der Waals surface area contributed by atoms with Crippen LogP contribution in [-0.4, -0.2) is 37.5 Å². The van der Waals surface area contributed by atoms with E-state index in [-0.39, 0.29) is 18.3 Å². The highest BCUT2D eigenvalue weighted by Crippen LogP contribution is 2.17. The summed E-state index contributed by atoms with van der Waals surface area (Å²) in [4.78, 5) is 24.3. The molecule has 0 saturated heterocycles. The number of likely N-dealkylation sites (N-methyl/N-ethyl adjacent to an activating group) is 1. The van der Waals surface area contributed by atoms with E-state index in [9.17, 15) is 9.59 Å². The molecule has 0 unspecified atom stereocenters. The Morgan fingerprint density at radius 3 is 2.68 bits per heavy atom. The molecule has 0 saturated carbocycles. The van der Waals surface area contributed by atoms with Gasteiger partial charge in [-0.25, -0.2) is 0 Å². The highest BCUT2D eigenvalue weighted by Gasteiger charge is 2.08. The van der Waals surface area contributed by atoms with Crippen molar-refractivity contribution in [3.8, 4) is 0 Å². The van der Waals surface area contributed by atoms with E-state index in [0.29, 0.717) is 6.54 Å². The molecule has 0 bridgehead atoms. The van der Waals surface area contributed by atoms with Crippen molar-refractivity contribution < 1.29 is 14.3 Å². The number of carbonyl (C=O) groups is 2. The summed E-state index contributed by atoms with van der Waals surface area (Å²) in [6.07, 6.45) is 3.42. The summed E-state index contributed by atoms with van der Waals surface area (Å²) in [5.41, 5.74) is 0.928. The van der Waals surface area contributed by atoms with Crippen LogP contribution < -0.4 is 0 Å². The maximum atomic E-state index is 11.8. The summed E-state index contributed by atoms with van der Waals surface area (Å²) in [5, 5.41) is 0. The molecule has 4 nitrogen and oxygen atoms in total. The average molecular weight is 326 g/mol. The highest BCUT2D eigenvalue weighted by molar-refractivity contribution is 9.10. The standard InChI is InChI=1S/C14H16BrNO3/c1-16(10-9-14(18)19-2)13(17)8-7-11-5-3-4-6-12(11)15/h3-8H,9-10H2,1-2H3/b8-7+. The minimum Gasteiger partial charge on any atom is -0.469 e. The Morgan fingerprint density at radius 1 is 1.37 bits per heavy atom. The molecule has 0 aliphatic rings. The molecule has 1 aromatic carbocycles. The van der Waals surface area contributed by atoms with E-state index in [2.05, 4.69) is 20.7 Å². The Balaban J connectivity index is 2.55. The van der Waals surface area contributed by atoms with Crippen LogP contribution in [0.5, 0.6) is 0 Å². The van der Waals surface area contributed by atoms with Gasteiger partial charge in [0.05, 0.1) is 13.5 Å². The fourth-order valence-electron chi connectivity index (χ4n) is 1.37. The van der Waals surface area contributed by atoms with Crippen LogP contribution in [-0.2, 0) is 14.3 Å². The van der Waals surface area contributed by atoms with Crippen LogP contribution in [0.1, 0.15) is 12.0 Å². The van der Waals surface area contributed by atoms with E-state index in [1.165, 1.54) is 18.1 Å². The first kappa shape index (κ1) is 15.4. The lowest BCUT2D eigenvalue weighted by atomic mass is 10.2. The van der Waals surface area contributed by atoms with Gasteiger partial charge in [0.15, 0.2) is 0 Å². The number of carbonyl (C=O) groups excluding carboxylic acids is 2. The van der Waals surface area contributed by atoms with Gasteiger partial charge in [-0.1, -0.05) is 34.1 Å². The smallest absolute Gasteiger partial charge is 0.307 e. The van der Waals surface area contributed by atoms with E-state index in [0.717, 1.165) is 10.0 Å². The van der Waals surface area contributed by atoms with E-state index in [4.69, 9.17) is 0 Å². The van der Waals surface area contributed by atoms with Crippen molar-refractivity contribution in [2.24, 2.45) is 0 Å². The number of hydrogen-bond acceptors (Lipinski definition) is 3. The maximum absolute atomic E-state index is 11.8. The number of esters is 1. The summed E-state index contributed by atoms with van der Waals surface area (Å²) >= 11 is 3.41. The first-order chi connectivity index (χ1) is 9.04. The zero-order chi connectivity index (χ0) is 14.3. The third kappa shape index (κ3) is 5.26. The third-order valence-electron chi connectivity index (χ3n) is 2.57. The molecule has 5 heteroatoms. The number of halogens is 1. The molecule has 0 spiro atoms. The number of rotatable bonds is 5. The van der Waals surface area contributed by atoms with E-state index < -0.39 is 0 Å². The fourth-order valence-corrected chi connectivity index (χ4v) is 1.79. The van der Waals surface area contributed by atoms with Gasteiger partial charge in [-0.05, 0) is 17.7 Å². The lowest BCUT2D eigenvalue weighted by molar-refractivity contribution is -0.141. The lowest BCUT2D eigenvalue weighted by Crippen LogP contribution is -2.27. The quantitative estimate of drug-likeness (QED) is 0.617. The molecule has 102 valence electrons. The normalized spacial score (nSPS) is 10.5. The first-order valence-corrected chi connectivity index (χ1v) is 6.58. The largest absolute Gasteiger partial charge is 0.469 e. The molecule has 1 aromatic rings. The van der Waals surface area contributed by atoms with Crippen molar-refractivity contribution in [3.63, 3.8) is 0 Å². The predicted molar refractivity (Wildman–Crippen MR) is 77.4 cm³/mol. The molecule has 0 atom stereocenters. The second kappa shape index (κ2) is 7.74. The Labute approximate surface area is 121 Å². The van der Waals surface area contributed by atoms with Crippen LogP contribution in [0.25, 0.3) is 6.08 Å². The number of hydrogen-bond donors (Lipinski definition) is 0. The number of methoxy groups -OCH3 is 1. The molecule has 0 aliphatic carbocycles. The van der Waals surface area contributed by atoms with Gasteiger partial charge >= 0.3 is 5.97 Å². The number of nitrogens with zero attached hydrogens (tertiary/aromatic N) is 1. The Morgan fingerprint density at radius 2 is 2.05 bits per heavy atom. The van der Waals surface area contributed by atoms with Crippen molar-refractivity contribution in [1.29, 1.82) is 0 Å². The molecule has 0 fully saturated rings. The fraction of sp³-hybridized carbons (Fsp3) is 0.286. The summed E-state index contributed by atoms with van der Waals surface area (Å²) in [6, 6.07) is 7.62. The Kier molecular flexibility index (Phi) is 6.29. The van der Waals surface area contributed by atoms with Gasteiger partial charge in [0.2, 0.25) is 5.91 Å². The molecule has 0 aliphatic heterocycles. The van der Waals surface area contributed by atoms with Gasteiger partial charge in [-0.15, -0.1) is 0 Å². The predicted octanol–water partition coefficient (Wildman–Crippen LogP) is 2.48. The van der Waals surface area contributed by atoms with Gasteiger partial charge < -0.3 is 9.64 Å². The van der Waals surface area contributed by atoms with Gasteiger partial charge in [-0.2, -0.15) is 0 Å². The minimum absolute atomic E-state index is 0.153. The summed E-state index contributed by atoms with van der Waals surface area (Å²) < 4.78 is 5.45. The van der Waals surface area contributed by atoms with Crippen molar-refractivity contribution in [3.05, 3.63) is 40.4 Å². The van der Waals surface area contributed by atoms with Crippen LogP contribution in [0.15, 0.2) is 34.8 Å². The molecule has 0 N–H and O–H groups in total. The summed E-state index contributed by atoms with van der Waals surface area (Å²) in [5.74, 6) is -0.478. The van der Waals surface area contributed by atoms with Crippen LogP contribution in [0, 0.1) is 0 Å². The second-order valence-electron chi connectivity index (χ2n) is 3.94. The van der Waals surface area contributed by atoms with Crippen molar-refractivity contribution >= 4 is 33.9 Å². The highest BCUT2D eigenvalue weighted by atomic mass is 79.9. The molecular weight excluding hydrogens is 310 g/mol. The summed E-state index contributed by atoms with van der Waals surface area (Å²) in [6.45, 7) is 0.339. The molecule has 0 aromatic heterocycles. The zero-order valence-corrected chi connectivity index (χ0v) is 12.5. The molecule has 0 heterocycles. The second-order valence-corrected chi connectivity index (χ2v) is 4.80. The van der Waals surface area contributed by atoms with E-state index >= 15 is 0 Å². The number of amides is 1. The molecule has 1 amide bonds. The minimum atomic E-state index is -0.325. The van der Waals surface area contributed by atoms with Gasteiger partial charge in [0, 0.05) is 24.1 Å². The maximum Gasteiger partial charge on any atom is 0.307 e. The average Bonchev–Trinajstić information content (AvgIpc) is 2.43. The first-order valence-electron chi connectivity index (χ1n) is 5.79. The van der Waals surface area contributed by atoms with E-state index in [1.54, 1.807) is 13.1 Å². The molecule has 19 heavy (non-hydrogen) atoms. The van der Waals surface area contributed by atoms with Gasteiger partial charge in [-0.3, -0.25) is 9.59 Å². The van der Waals surface area contributed by atoms with Crippen LogP contribution >= 0.6 is 15.9 Å². The third-order valence-corrected chi connectivity index (χ3v) is 3.29. The zero-order valence-electron chi connectivity index (χ0n) is 10.9. The van der Waals surface area contributed by atoms with Crippen LogP contribution in [0.3, 0.4) is 0 Å². The Hall–Kier alpha value is -1.62. The topological polar surface area (TPSA) is 46.6 Å². The van der Waals surface area contributed by atoms with Crippen LogP contribution in [0.2, 0.25) is 0 Å². The van der Waals surface area contributed by atoms with Crippen molar-refractivity contribution in [1.82, 2.24) is 4.90 Å². The van der Waals surface area contributed by atoms with Crippen LogP contribution in [0.4, 0.5) is 0 Å². The lowest BCUT2D eigenvalue weighted by Gasteiger charge is -2.13. The molecular formula is C14H16BrNO3. The van der Waals surface area contributed by atoms with Gasteiger partial charge in [0.25, 0.3) is 0 Å². The van der Waals surface area contributed by atoms with Crippen molar-refractivity contribution in [2.75, 3.05) is 20.7 Å². The van der Waals surface area contributed by atoms with Gasteiger partial charge in [0.1, 0.15) is 0 Å². The van der Waals surface area contributed by atoms with E-state index in [1.807, 2.05) is 24.3 Å². The Bertz CT molecular complexity index is 485.